The molecule has 4 heteroatoms. The number of aromatic nitrogens is 2. The first kappa shape index (κ1) is 10.3. The fourth-order valence-corrected chi connectivity index (χ4v) is 2.24. The van der Waals surface area contributed by atoms with Gasteiger partial charge >= 0.3 is 96.6 Å². The molecule has 0 amide bonds. The van der Waals surface area contributed by atoms with Crippen LogP contribution in [0.4, 0.5) is 0 Å². The van der Waals surface area contributed by atoms with Crippen LogP contribution in [-0.2, 0) is 7.05 Å². The molecule has 0 fully saturated rings. The molecule has 1 atom stereocenters. The van der Waals surface area contributed by atoms with E-state index in [4.69, 9.17) is 0 Å². The van der Waals surface area contributed by atoms with Gasteiger partial charge in [0, 0.05) is 0 Å². The molecular weight excluding hydrogens is 251 g/mol. The molecule has 0 aliphatic carbocycles. The van der Waals surface area contributed by atoms with Gasteiger partial charge in [-0.2, -0.15) is 0 Å². The van der Waals surface area contributed by atoms with Crippen molar-refractivity contribution >= 4 is 21.2 Å². The van der Waals surface area contributed by atoms with Crippen LogP contribution >= 0.6 is 0 Å². The standard InChI is InChI=1S/C11H13AsN2O/c1-8-10(12)11(15)14(13(8)2)9-6-4-3-5-7-9/h3-7H,12H2,1-2H3. The minimum atomic E-state index is 0.0844. The van der Waals surface area contributed by atoms with Crippen LogP contribution in [0.2, 0.25) is 0 Å². The van der Waals surface area contributed by atoms with E-state index in [0.717, 1.165) is 15.7 Å². The Morgan fingerprint density at radius 3 is 2.27 bits per heavy atom. The number of benzene rings is 1. The van der Waals surface area contributed by atoms with Crippen LogP contribution in [0.3, 0.4) is 0 Å². The molecule has 0 aliphatic heterocycles. The number of para-hydroxylation sites is 1. The van der Waals surface area contributed by atoms with Crippen LogP contribution in [0.25, 0.3) is 5.69 Å². The molecule has 1 aromatic carbocycles. The normalized spacial score (nSPS) is 10.6. The second kappa shape index (κ2) is 3.74. The maximum absolute atomic E-state index is 12.0. The van der Waals surface area contributed by atoms with Crippen molar-refractivity contribution in [1.29, 1.82) is 0 Å². The summed E-state index contributed by atoms with van der Waals surface area (Å²) in [4.78, 5) is 12.0. The van der Waals surface area contributed by atoms with Gasteiger partial charge in [-0.05, 0) is 0 Å². The summed E-state index contributed by atoms with van der Waals surface area (Å²) < 4.78 is 4.47. The third kappa shape index (κ3) is 1.57. The van der Waals surface area contributed by atoms with Crippen molar-refractivity contribution in [3.8, 4) is 5.69 Å². The molecule has 0 spiro atoms. The summed E-state index contributed by atoms with van der Waals surface area (Å²) in [5.41, 5.74) is 2.03. The average molecular weight is 264 g/mol. The Kier molecular flexibility index (Phi) is 2.57. The van der Waals surface area contributed by atoms with Gasteiger partial charge < -0.3 is 0 Å². The van der Waals surface area contributed by atoms with Gasteiger partial charge in [0.15, 0.2) is 0 Å². The molecule has 1 aromatic heterocycles. The first-order valence-electron chi connectivity index (χ1n) is 4.72. The molecule has 0 radical (unpaired) electrons. The molecule has 3 nitrogen and oxygen atoms in total. The third-order valence-corrected chi connectivity index (χ3v) is 3.99. The molecule has 0 saturated heterocycles. The Balaban J connectivity index is 2.75. The molecule has 2 rings (SSSR count). The summed E-state index contributed by atoms with van der Waals surface area (Å²) in [5.74, 6) is 0. The van der Waals surface area contributed by atoms with Crippen molar-refractivity contribution in [2.24, 2.45) is 7.05 Å². The van der Waals surface area contributed by atoms with Gasteiger partial charge in [-0.15, -0.1) is 0 Å². The van der Waals surface area contributed by atoms with Gasteiger partial charge in [-0.3, -0.25) is 0 Å². The van der Waals surface area contributed by atoms with Crippen LogP contribution in [0.1, 0.15) is 5.69 Å². The van der Waals surface area contributed by atoms with E-state index >= 15 is 0 Å². The molecular formula is C11H13AsN2O. The number of hydrogen-bond acceptors (Lipinski definition) is 1. The second-order valence-corrected chi connectivity index (χ2v) is 4.69. The zero-order valence-corrected chi connectivity index (χ0v) is 11.2. The van der Waals surface area contributed by atoms with E-state index < -0.39 is 0 Å². The van der Waals surface area contributed by atoms with E-state index in [9.17, 15) is 4.79 Å². The average Bonchev–Trinajstić information content (AvgIpc) is 2.45. The van der Waals surface area contributed by atoms with Crippen LogP contribution in [-0.4, -0.2) is 26.2 Å². The summed E-state index contributed by atoms with van der Waals surface area (Å²) in [7, 11) is 1.91. The molecule has 15 heavy (non-hydrogen) atoms. The molecule has 1 heterocycles. The van der Waals surface area contributed by atoms with E-state index in [0.29, 0.717) is 0 Å². The Morgan fingerprint density at radius 2 is 1.80 bits per heavy atom. The van der Waals surface area contributed by atoms with E-state index in [1.165, 1.54) is 16.9 Å². The zero-order chi connectivity index (χ0) is 11.0. The van der Waals surface area contributed by atoms with Gasteiger partial charge in [-0.25, -0.2) is 0 Å². The fraction of sp³-hybridized carbons (Fsp3) is 0.182. The summed E-state index contributed by atoms with van der Waals surface area (Å²) in [5, 5.41) is 0. The van der Waals surface area contributed by atoms with Crippen molar-refractivity contribution in [3.63, 3.8) is 0 Å². The van der Waals surface area contributed by atoms with Crippen molar-refractivity contribution in [1.82, 2.24) is 9.36 Å². The fourth-order valence-electron chi connectivity index (χ4n) is 1.59. The van der Waals surface area contributed by atoms with Crippen molar-refractivity contribution in [2.45, 2.75) is 6.92 Å². The predicted octanol–water partition coefficient (Wildman–Crippen LogP) is -0.257. The van der Waals surface area contributed by atoms with Crippen LogP contribution in [0, 0.1) is 6.92 Å². The zero-order valence-electron chi connectivity index (χ0n) is 8.77. The van der Waals surface area contributed by atoms with Crippen LogP contribution < -0.4 is 9.91 Å². The first-order chi connectivity index (χ1) is 7.13. The van der Waals surface area contributed by atoms with Gasteiger partial charge in [0.25, 0.3) is 0 Å². The van der Waals surface area contributed by atoms with Crippen molar-refractivity contribution in [2.75, 3.05) is 0 Å². The van der Waals surface area contributed by atoms with Gasteiger partial charge in [-0.1, -0.05) is 0 Å². The van der Waals surface area contributed by atoms with Gasteiger partial charge in [0.05, 0.1) is 0 Å². The van der Waals surface area contributed by atoms with Crippen molar-refractivity contribution in [3.05, 3.63) is 46.4 Å². The number of nitrogens with zero attached hydrogens (tertiary/aromatic N) is 2. The summed E-state index contributed by atoms with van der Waals surface area (Å²) in [6, 6.07) is 9.69. The maximum atomic E-state index is 12.0. The monoisotopic (exact) mass is 264 g/mol. The summed E-state index contributed by atoms with van der Waals surface area (Å²) in [6.07, 6.45) is 0. The molecule has 78 valence electrons. The Hall–Kier alpha value is -1.21. The van der Waals surface area contributed by atoms with Crippen LogP contribution in [0.15, 0.2) is 35.1 Å². The van der Waals surface area contributed by atoms with Gasteiger partial charge in [0.1, 0.15) is 0 Å². The van der Waals surface area contributed by atoms with Gasteiger partial charge in [0.2, 0.25) is 0 Å². The third-order valence-electron chi connectivity index (χ3n) is 2.60. The molecule has 0 saturated carbocycles. The predicted molar refractivity (Wildman–Crippen MR) is 63.9 cm³/mol. The second-order valence-electron chi connectivity index (χ2n) is 3.48. The van der Waals surface area contributed by atoms with E-state index in [1.807, 2.05) is 49.0 Å². The summed E-state index contributed by atoms with van der Waals surface area (Å²) in [6.45, 7) is 1.97. The van der Waals surface area contributed by atoms with E-state index in [1.54, 1.807) is 4.68 Å². The quantitative estimate of drug-likeness (QED) is 0.652. The first-order valence-corrected chi connectivity index (χ1v) is 5.93. The molecule has 0 aliphatic rings. The molecule has 0 bridgehead atoms. The molecule has 0 N–H and O–H groups in total. The Labute approximate surface area is 96.8 Å². The SMILES string of the molecule is Cc1c([AsH2])c(=O)n(-c2ccccc2)n1C. The Morgan fingerprint density at radius 1 is 1.20 bits per heavy atom. The number of hydrogen-bond donors (Lipinski definition) is 0. The van der Waals surface area contributed by atoms with E-state index in [-0.39, 0.29) is 5.56 Å². The van der Waals surface area contributed by atoms with Crippen molar-refractivity contribution < 1.29 is 0 Å². The van der Waals surface area contributed by atoms with Crippen LogP contribution in [0.5, 0.6) is 0 Å². The van der Waals surface area contributed by atoms with E-state index in [2.05, 4.69) is 0 Å². The molecule has 2 aromatic rings. The topological polar surface area (TPSA) is 26.9 Å². The Bertz CT molecular complexity index is 540. The summed E-state index contributed by atoms with van der Waals surface area (Å²) >= 11 is 1.38. The number of rotatable bonds is 1. The molecule has 1 unspecified atom stereocenters. The minimum absolute atomic E-state index is 0.0844.